The number of nitrogens with two attached hydrogens (primary N) is 2. The van der Waals surface area contributed by atoms with E-state index in [1.165, 1.54) is 38.5 Å². The fourth-order valence-corrected chi connectivity index (χ4v) is 1.24. The highest BCUT2D eigenvalue weighted by Gasteiger charge is 1.94. The van der Waals surface area contributed by atoms with Crippen molar-refractivity contribution in [3.63, 3.8) is 0 Å². The molecule has 0 aliphatic heterocycles. The maximum absolute atomic E-state index is 5.12. The smallest absolute Gasteiger partial charge is 0.192 e. The normalized spacial score (nSPS) is 11.1. The van der Waals surface area contributed by atoms with E-state index >= 15 is 0 Å². The Morgan fingerprint density at radius 1 is 0.929 bits per heavy atom. The average molecular weight is 204 g/mol. The Morgan fingerprint density at radius 2 is 1.50 bits per heavy atom. The van der Waals surface area contributed by atoms with Gasteiger partial charge in [-0.3, -0.25) is 11.5 Å². The molecule has 0 heterocycles. The number of hydrogen-bond acceptors (Lipinski definition) is 4. The first kappa shape index (κ1) is 13.8. The molecule has 0 bridgehead atoms. The van der Waals surface area contributed by atoms with Gasteiger partial charge in [-0.15, -0.1) is 0 Å². The van der Waals surface area contributed by atoms with Crippen molar-refractivity contribution < 1.29 is 9.78 Å². The van der Waals surface area contributed by atoms with Gasteiger partial charge in [-0.1, -0.05) is 45.4 Å². The van der Waals surface area contributed by atoms with Crippen LogP contribution >= 0.6 is 0 Å². The molecule has 0 spiro atoms. The van der Waals surface area contributed by atoms with E-state index in [1.54, 1.807) is 0 Å². The Kier molecular flexibility index (Phi) is 10.8. The lowest BCUT2D eigenvalue weighted by Crippen LogP contribution is -2.33. The zero-order valence-corrected chi connectivity index (χ0v) is 9.21. The maximum atomic E-state index is 5.12. The van der Waals surface area contributed by atoms with Gasteiger partial charge in [-0.25, -0.2) is 9.78 Å². The molecule has 4 nitrogen and oxygen atoms in total. The predicted octanol–water partition coefficient (Wildman–Crippen LogP) is 1.89. The molecule has 0 radical (unpaired) electrons. The van der Waals surface area contributed by atoms with Crippen LogP contribution in [0.5, 0.6) is 0 Å². The van der Waals surface area contributed by atoms with Crippen molar-refractivity contribution in [1.29, 1.82) is 0 Å². The minimum Gasteiger partial charge on any atom is -0.291 e. The molecule has 0 aromatic rings. The van der Waals surface area contributed by atoms with Gasteiger partial charge in [0.2, 0.25) is 0 Å². The molecule has 14 heavy (non-hydrogen) atoms. The van der Waals surface area contributed by atoms with Gasteiger partial charge in [0.25, 0.3) is 0 Å². The summed E-state index contributed by atoms with van der Waals surface area (Å²) in [7, 11) is 0. The van der Waals surface area contributed by atoms with E-state index in [1.807, 2.05) is 0 Å². The van der Waals surface area contributed by atoms with E-state index in [0.29, 0.717) is 6.61 Å². The minimum absolute atomic E-state index is 0.582. The highest BCUT2D eigenvalue weighted by molar-refractivity contribution is 4.43. The van der Waals surface area contributed by atoms with E-state index < -0.39 is 6.35 Å². The van der Waals surface area contributed by atoms with Gasteiger partial charge < -0.3 is 0 Å². The summed E-state index contributed by atoms with van der Waals surface area (Å²) in [5.41, 5.74) is 10.2. The van der Waals surface area contributed by atoms with Gasteiger partial charge in [0.1, 0.15) is 0 Å². The Balaban J connectivity index is 2.85. The van der Waals surface area contributed by atoms with Gasteiger partial charge in [-0.2, -0.15) is 0 Å². The second-order valence-corrected chi connectivity index (χ2v) is 3.50. The van der Waals surface area contributed by atoms with Crippen LogP contribution in [0.3, 0.4) is 0 Å². The average Bonchev–Trinajstić information content (AvgIpc) is 2.15. The molecule has 4 heteroatoms. The Hall–Kier alpha value is -0.160. The second-order valence-electron chi connectivity index (χ2n) is 3.50. The van der Waals surface area contributed by atoms with Crippen LogP contribution in [-0.2, 0) is 9.78 Å². The fraction of sp³-hybridized carbons (Fsp3) is 1.00. The summed E-state index contributed by atoms with van der Waals surface area (Å²) < 4.78 is 0. The topological polar surface area (TPSA) is 70.5 Å². The molecule has 0 atom stereocenters. The van der Waals surface area contributed by atoms with Crippen LogP contribution < -0.4 is 11.5 Å². The monoisotopic (exact) mass is 204 g/mol. The molecule has 0 saturated carbocycles. The molecule has 0 aliphatic carbocycles. The van der Waals surface area contributed by atoms with Crippen molar-refractivity contribution in [2.45, 2.75) is 58.2 Å². The van der Waals surface area contributed by atoms with E-state index in [2.05, 4.69) is 11.8 Å². The van der Waals surface area contributed by atoms with E-state index in [9.17, 15) is 0 Å². The lowest BCUT2D eigenvalue weighted by Gasteiger charge is -2.06. The maximum Gasteiger partial charge on any atom is 0.192 e. The van der Waals surface area contributed by atoms with Crippen molar-refractivity contribution in [3.8, 4) is 0 Å². The molecule has 0 unspecified atom stereocenters. The largest absolute Gasteiger partial charge is 0.291 e. The number of hydrogen-bond donors (Lipinski definition) is 2. The standard InChI is InChI=1S/C10H24N2O2/c1-2-3-4-5-6-7-8-9-13-14-10(11)12/h10H,2-9,11-12H2,1H3. The molecular weight excluding hydrogens is 180 g/mol. The summed E-state index contributed by atoms with van der Waals surface area (Å²) in [4.78, 5) is 9.32. The van der Waals surface area contributed by atoms with E-state index in [-0.39, 0.29) is 0 Å². The van der Waals surface area contributed by atoms with Crippen molar-refractivity contribution in [1.82, 2.24) is 0 Å². The summed E-state index contributed by atoms with van der Waals surface area (Å²) in [6.07, 6.45) is 7.98. The van der Waals surface area contributed by atoms with Crippen molar-refractivity contribution in [2.24, 2.45) is 11.5 Å². The van der Waals surface area contributed by atoms with Crippen LogP contribution in [0.15, 0.2) is 0 Å². The summed E-state index contributed by atoms with van der Waals surface area (Å²) >= 11 is 0. The van der Waals surface area contributed by atoms with E-state index in [4.69, 9.17) is 16.4 Å². The quantitative estimate of drug-likeness (QED) is 0.247. The van der Waals surface area contributed by atoms with Crippen molar-refractivity contribution >= 4 is 0 Å². The van der Waals surface area contributed by atoms with Gasteiger partial charge in [-0.05, 0) is 6.42 Å². The van der Waals surface area contributed by atoms with E-state index in [0.717, 1.165) is 6.42 Å². The molecule has 0 saturated heterocycles. The third-order valence-corrected chi connectivity index (χ3v) is 2.01. The Labute approximate surface area is 86.9 Å². The zero-order valence-electron chi connectivity index (χ0n) is 9.21. The van der Waals surface area contributed by atoms with Gasteiger partial charge in [0.05, 0.1) is 6.61 Å². The molecule has 0 rings (SSSR count). The summed E-state index contributed by atoms with van der Waals surface area (Å²) in [6.45, 7) is 2.81. The lowest BCUT2D eigenvalue weighted by atomic mass is 10.1. The summed E-state index contributed by atoms with van der Waals surface area (Å²) in [5.74, 6) is 0. The molecule has 0 aliphatic rings. The molecule has 0 aromatic heterocycles. The van der Waals surface area contributed by atoms with Crippen LogP contribution in [0.1, 0.15) is 51.9 Å². The molecule has 0 aromatic carbocycles. The molecule has 0 amide bonds. The molecule has 86 valence electrons. The zero-order chi connectivity index (χ0) is 10.6. The number of unbranched alkanes of at least 4 members (excludes halogenated alkanes) is 6. The molecule has 0 fully saturated rings. The van der Waals surface area contributed by atoms with Crippen molar-refractivity contribution in [2.75, 3.05) is 6.61 Å². The highest BCUT2D eigenvalue weighted by atomic mass is 17.2. The molecular formula is C10H24N2O2. The van der Waals surface area contributed by atoms with Crippen LogP contribution in [0.4, 0.5) is 0 Å². The van der Waals surface area contributed by atoms with Gasteiger partial charge in [0, 0.05) is 0 Å². The van der Waals surface area contributed by atoms with Crippen molar-refractivity contribution in [3.05, 3.63) is 0 Å². The van der Waals surface area contributed by atoms with Crippen LogP contribution in [0.25, 0.3) is 0 Å². The second kappa shape index (κ2) is 10.9. The first-order chi connectivity index (χ1) is 6.77. The highest BCUT2D eigenvalue weighted by Crippen LogP contribution is 2.06. The Bertz CT molecular complexity index is 110. The first-order valence-electron chi connectivity index (χ1n) is 5.56. The fourth-order valence-electron chi connectivity index (χ4n) is 1.24. The lowest BCUT2D eigenvalue weighted by molar-refractivity contribution is -0.322. The minimum atomic E-state index is -0.820. The summed E-state index contributed by atoms with van der Waals surface area (Å²) in [5, 5.41) is 0. The predicted molar refractivity (Wildman–Crippen MR) is 57.2 cm³/mol. The number of rotatable bonds is 10. The van der Waals surface area contributed by atoms with Gasteiger partial charge >= 0.3 is 0 Å². The van der Waals surface area contributed by atoms with Crippen LogP contribution in [0, 0.1) is 0 Å². The third kappa shape index (κ3) is 11.8. The van der Waals surface area contributed by atoms with Crippen LogP contribution in [0.2, 0.25) is 0 Å². The Morgan fingerprint density at radius 3 is 2.07 bits per heavy atom. The first-order valence-corrected chi connectivity index (χ1v) is 5.56. The van der Waals surface area contributed by atoms with Crippen LogP contribution in [-0.4, -0.2) is 13.0 Å². The molecule has 4 N–H and O–H groups in total. The van der Waals surface area contributed by atoms with Gasteiger partial charge in [0.15, 0.2) is 6.35 Å². The SMILES string of the molecule is CCCCCCCCCOOC(N)N. The summed E-state index contributed by atoms with van der Waals surface area (Å²) in [6, 6.07) is 0. The third-order valence-electron chi connectivity index (χ3n) is 2.01.